The number of piperidine rings is 1. The molecule has 1 saturated heterocycles. The zero-order chi connectivity index (χ0) is 23.3. The van der Waals surface area contributed by atoms with Crippen molar-refractivity contribution >= 4 is 17.1 Å². The Balaban J connectivity index is 1.57. The Bertz CT molecular complexity index is 1300. The largest absolute Gasteiger partial charge is 0.511 e. The Morgan fingerprint density at radius 2 is 2.00 bits per heavy atom. The summed E-state index contributed by atoms with van der Waals surface area (Å²) >= 11 is 0. The fourth-order valence-electron chi connectivity index (χ4n) is 5.14. The lowest BCUT2D eigenvalue weighted by Gasteiger charge is -2.30. The Morgan fingerprint density at radius 3 is 2.73 bits per heavy atom. The molecule has 3 heterocycles. The Labute approximate surface area is 190 Å². The summed E-state index contributed by atoms with van der Waals surface area (Å²) in [6.45, 7) is 2.84. The number of aryl methyl sites for hydroxylation is 2. The highest BCUT2D eigenvalue weighted by Gasteiger charge is 2.25. The minimum Gasteiger partial charge on any atom is -0.504 e. The van der Waals surface area contributed by atoms with Gasteiger partial charge in [-0.2, -0.15) is 0 Å². The molecule has 0 unspecified atom stereocenters. The number of carbonyl (C=O) groups is 1. The van der Waals surface area contributed by atoms with E-state index in [1.54, 1.807) is 0 Å². The normalized spacial score (nSPS) is 16.9. The van der Waals surface area contributed by atoms with Gasteiger partial charge in [-0.15, -0.1) is 0 Å². The molecule has 2 aromatic heterocycles. The fraction of sp³-hybridized carbons (Fsp3) is 0.417. The van der Waals surface area contributed by atoms with Crippen LogP contribution in [0.5, 0.6) is 11.5 Å². The van der Waals surface area contributed by atoms with Crippen LogP contribution in [0.1, 0.15) is 36.1 Å². The van der Waals surface area contributed by atoms with Gasteiger partial charge in [0.1, 0.15) is 0 Å². The zero-order valence-electron chi connectivity index (χ0n) is 18.6. The van der Waals surface area contributed by atoms with Gasteiger partial charge in [0.05, 0.1) is 5.69 Å². The number of nitrogens with one attached hydrogen (secondary N) is 1. The molecule has 1 fully saturated rings. The van der Waals surface area contributed by atoms with Crippen molar-refractivity contribution in [2.75, 3.05) is 13.1 Å². The predicted octanol–water partition coefficient (Wildman–Crippen LogP) is 2.71. The van der Waals surface area contributed by atoms with Gasteiger partial charge in [0.2, 0.25) is 5.75 Å². The number of nitrogens with two attached hydrogens (primary N) is 1. The number of H-pyrrole nitrogens is 1. The van der Waals surface area contributed by atoms with Gasteiger partial charge < -0.3 is 30.2 Å². The molecular weight excluding hydrogens is 424 g/mol. The van der Waals surface area contributed by atoms with Crippen LogP contribution in [-0.4, -0.2) is 50.0 Å². The van der Waals surface area contributed by atoms with Gasteiger partial charge >= 0.3 is 6.16 Å². The predicted molar refractivity (Wildman–Crippen MR) is 124 cm³/mol. The molecule has 1 aliphatic carbocycles. The summed E-state index contributed by atoms with van der Waals surface area (Å²) < 4.78 is 6.77. The SMILES string of the molecule is Cn1c(CN2CCC(N)CC2)cc2cc3c(cc21)CCCc1c-3[nH]c(=O)c(OC(=O)O)c1O. The van der Waals surface area contributed by atoms with E-state index in [-0.39, 0.29) is 0 Å². The molecule has 33 heavy (non-hydrogen) atoms. The lowest BCUT2D eigenvalue weighted by molar-refractivity contribution is 0.142. The number of nitrogens with zero attached hydrogens (tertiary/aromatic N) is 2. The topological polar surface area (TPSA) is 134 Å². The smallest absolute Gasteiger partial charge is 0.504 e. The van der Waals surface area contributed by atoms with E-state index in [4.69, 9.17) is 10.8 Å². The minimum absolute atomic E-state index is 0.296. The molecule has 0 saturated carbocycles. The maximum atomic E-state index is 12.5. The van der Waals surface area contributed by atoms with Gasteiger partial charge in [0.25, 0.3) is 5.56 Å². The van der Waals surface area contributed by atoms with Crippen LogP contribution < -0.4 is 16.0 Å². The van der Waals surface area contributed by atoms with Crippen molar-refractivity contribution in [2.45, 2.75) is 44.7 Å². The van der Waals surface area contributed by atoms with Crippen LogP contribution >= 0.6 is 0 Å². The first-order chi connectivity index (χ1) is 15.8. The highest BCUT2D eigenvalue weighted by molar-refractivity contribution is 5.89. The summed E-state index contributed by atoms with van der Waals surface area (Å²) in [5, 5.41) is 20.6. The third-order valence-corrected chi connectivity index (χ3v) is 6.96. The second-order valence-electron chi connectivity index (χ2n) is 9.08. The summed E-state index contributed by atoms with van der Waals surface area (Å²) in [4.78, 5) is 28.7. The summed E-state index contributed by atoms with van der Waals surface area (Å²) in [5.74, 6) is -0.977. The summed E-state index contributed by atoms with van der Waals surface area (Å²) in [5.41, 5.74) is 10.6. The molecule has 3 aromatic rings. The molecule has 1 aliphatic heterocycles. The van der Waals surface area contributed by atoms with Crippen LogP contribution in [0.25, 0.3) is 22.2 Å². The maximum absolute atomic E-state index is 12.5. The van der Waals surface area contributed by atoms with Crippen molar-refractivity contribution in [3.63, 3.8) is 0 Å². The van der Waals surface area contributed by atoms with E-state index in [1.807, 2.05) is 0 Å². The van der Waals surface area contributed by atoms with Gasteiger partial charge in [-0.05, 0) is 55.9 Å². The number of ether oxygens (including phenoxy) is 1. The molecule has 0 atom stereocenters. The number of hydrogen-bond donors (Lipinski definition) is 4. The Kier molecular flexibility index (Phi) is 5.38. The summed E-state index contributed by atoms with van der Waals surface area (Å²) in [6, 6.07) is 6.68. The molecule has 2 aliphatic rings. The quantitative estimate of drug-likeness (QED) is 0.449. The maximum Gasteiger partial charge on any atom is 0.511 e. The number of aromatic nitrogens is 2. The number of carboxylic acid groups (broad SMARTS) is 1. The van der Waals surface area contributed by atoms with Crippen molar-refractivity contribution in [1.29, 1.82) is 0 Å². The van der Waals surface area contributed by atoms with E-state index in [0.717, 1.165) is 67.3 Å². The summed E-state index contributed by atoms with van der Waals surface area (Å²) in [7, 11) is 2.08. The number of likely N-dealkylation sites (tertiary alicyclic amines) is 1. The number of hydrogen-bond acceptors (Lipinski definition) is 6. The average Bonchev–Trinajstić information content (AvgIpc) is 2.96. The molecule has 5 N–H and O–H groups in total. The van der Waals surface area contributed by atoms with E-state index in [2.05, 4.69) is 44.4 Å². The Morgan fingerprint density at radius 1 is 1.24 bits per heavy atom. The van der Waals surface area contributed by atoms with E-state index in [9.17, 15) is 14.7 Å². The first kappa shape index (κ1) is 21.5. The van der Waals surface area contributed by atoms with Crippen molar-refractivity contribution in [2.24, 2.45) is 12.8 Å². The molecule has 5 rings (SSSR count). The molecule has 0 amide bonds. The van der Waals surface area contributed by atoms with Crippen LogP contribution in [0.2, 0.25) is 0 Å². The number of fused-ring (bicyclic) bond motifs is 4. The highest BCUT2D eigenvalue weighted by atomic mass is 16.7. The van der Waals surface area contributed by atoms with Crippen molar-refractivity contribution < 1.29 is 19.7 Å². The van der Waals surface area contributed by atoms with E-state index >= 15 is 0 Å². The van der Waals surface area contributed by atoms with Crippen molar-refractivity contribution in [1.82, 2.24) is 14.5 Å². The lowest BCUT2D eigenvalue weighted by Crippen LogP contribution is -2.39. The third-order valence-electron chi connectivity index (χ3n) is 6.96. The molecule has 1 aromatic carbocycles. The fourth-order valence-corrected chi connectivity index (χ4v) is 5.14. The van der Waals surface area contributed by atoms with Gasteiger partial charge in [-0.3, -0.25) is 9.69 Å². The molecule has 0 radical (unpaired) electrons. The lowest BCUT2D eigenvalue weighted by atomic mass is 9.99. The molecule has 174 valence electrons. The van der Waals surface area contributed by atoms with E-state index in [1.165, 1.54) is 5.69 Å². The average molecular weight is 453 g/mol. The minimum atomic E-state index is -1.64. The van der Waals surface area contributed by atoms with Crippen molar-refractivity contribution in [3.8, 4) is 22.8 Å². The standard InChI is InChI=1S/C24H28N4O5/c1-27-16(12-28-7-5-15(25)6-8-28)9-14-10-18-13(11-19(14)27)3-2-4-17-20(18)26-23(30)22(21(17)29)33-24(31)32/h9-11,15H,2-8,12,25H2,1H3,(H,31,32)(H2,26,29,30). The first-order valence-corrected chi connectivity index (χ1v) is 11.3. The monoisotopic (exact) mass is 452 g/mol. The first-order valence-electron chi connectivity index (χ1n) is 11.3. The van der Waals surface area contributed by atoms with Gasteiger partial charge in [0, 0.05) is 60.4 Å². The van der Waals surface area contributed by atoms with Gasteiger partial charge in [-0.25, -0.2) is 4.79 Å². The van der Waals surface area contributed by atoms with Crippen LogP contribution in [0.3, 0.4) is 0 Å². The van der Waals surface area contributed by atoms with E-state index in [0.29, 0.717) is 23.7 Å². The molecule has 0 bridgehead atoms. The third kappa shape index (κ3) is 3.87. The van der Waals surface area contributed by atoms with E-state index < -0.39 is 23.2 Å². The molecular formula is C24H28N4O5. The van der Waals surface area contributed by atoms with Crippen LogP contribution in [0.4, 0.5) is 4.79 Å². The van der Waals surface area contributed by atoms with Gasteiger partial charge in [0.15, 0.2) is 5.75 Å². The number of aromatic amines is 1. The highest BCUT2D eigenvalue weighted by Crippen LogP contribution is 2.40. The Hall–Kier alpha value is -3.30. The number of benzene rings is 1. The number of pyridine rings is 1. The van der Waals surface area contributed by atoms with Gasteiger partial charge in [-0.1, -0.05) is 0 Å². The van der Waals surface area contributed by atoms with Crippen molar-refractivity contribution in [3.05, 3.63) is 45.4 Å². The van der Waals surface area contributed by atoms with Crippen LogP contribution in [0, 0.1) is 0 Å². The van der Waals surface area contributed by atoms with Crippen LogP contribution in [-0.2, 0) is 26.4 Å². The van der Waals surface area contributed by atoms with Crippen LogP contribution in [0.15, 0.2) is 23.0 Å². The summed E-state index contributed by atoms with van der Waals surface area (Å²) in [6.07, 6.45) is 2.42. The molecule has 9 nitrogen and oxygen atoms in total. The number of aromatic hydroxyl groups is 1. The number of rotatable bonds is 3. The molecule has 9 heteroatoms. The second kappa shape index (κ2) is 8.24. The zero-order valence-corrected chi connectivity index (χ0v) is 18.6. The second-order valence-corrected chi connectivity index (χ2v) is 9.08. The molecule has 0 spiro atoms.